The van der Waals surface area contributed by atoms with E-state index >= 15 is 0 Å². The van der Waals surface area contributed by atoms with Gasteiger partial charge in [-0.3, -0.25) is 0 Å². The van der Waals surface area contributed by atoms with Crippen LogP contribution in [0.15, 0.2) is 12.7 Å². The van der Waals surface area contributed by atoms with E-state index in [2.05, 4.69) is 19.7 Å². The summed E-state index contributed by atoms with van der Waals surface area (Å²) in [6, 6.07) is 1.28. The highest BCUT2D eigenvalue weighted by Crippen LogP contribution is 2.19. The first-order valence-corrected chi connectivity index (χ1v) is 10.6. The summed E-state index contributed by atoms with van der Waals surface area (Å²) in [4.78, 5) is 0. The second kappa shape index (κ2) is 9.47. The van der Waals surface area contributed by atoms with E-state index in [0.717, 1.165) is 0 Å². The molecule has 0 aromatic carbocycles. The third-order valence-corrected chi connectivity index (χ3v) is 4.79. The van der Waals surface area contributed by atoms with Gasteiger partial charge in [-0.1, -0.05) is 57.7 Å². The van der Waals surface area contributed by atoms with Gasteiger partial charge in [0.2, 0.25) is 0 Å². The van der Waals surface area contributed by atoms with Gasteiger partial charge in [-0.2, -0.15) is 11.1 Å². The van der Waals surface area contributed by atoms with Gasteiger partial charge in [0.15, 0.2) is 0 Å². The first kappa shape index (κ1) is 15.2. The van der Waals surface area contributed by atoms with Crippen molar-refractivity contribution in [3.63, 3.8) is 0 Å². The second-order valence-electron chi connectivity index (χ2n) is 5.02. The smallest absolute Gasteiger partial charge is 0.150 e. The van der Waals surface area contributed by atoms with E-state index in [1.807, 2.05) is 6.08 Å². The van der Waals surface area contributed by atoms with Crippen LogP contribution in [0.1, 0.15) is 51.4 Å². The van der Waals surface area contributed by atoms with Crippen molar-refractivity contribution >= 4 is 18.5 Å². The summed E-state index contributed by atoms with van der Waals surface area (Å²) < 4.78 is 0. The number of hydrogen-bond donors (Lipinski definition) is 0. The Labute approximate surface area is 102 Å². The topological polar surface area (TPSA) is 0 Å². The molecular formula is C13H27ClSi. The predicted molar refractivity (Wildman–Crippen MR) is 75.3 cm³/mol. The van der Waals surface area contributed by atoms with Crippen LogP contribution in [0.5, 0.6) is 0 Å². The highest BCUT2D eigenvalue weighted by atomic mass is 35.6. The summed E-state index contributed by atoms with van der Waals surface area (Å²) >= 11 is 6.26. The minimum atomic E-state index is -1.28. The van der Waals surface area contributed by atoms with Crippen LogP contribution in [0.3, 0.4) is 0 Å². The number of halogens is 1. The van der Waals surface area contributed by atoms with Crippen molar-refractivity contribution in [2.45, 2.75) is 70.5 Å². The molecule has 0 fully saturated rings. The predicted octanol–water partition coefficient (Wildman–Crippen LogP) is 5.74. The fraction of sp³-hybridized carbons (Fsp3) is 0.846. The standard InChI is InChI=1S/C13H27ClSi/c1-4-5-6-7-8-9-10-11-12-13-15(2,3)14/h4H,1,5-13H2,2-3H3. The third kappa shape index (κ3) is 14.2. The summed E-state index contributed by atoms with van der Waals surface area (Å²) in [6.45, 7) is 8.21. The summed E-state index contributed by atoms with van der Waals surface area (Å²) in [7, 11) is -1.28. The van der Waals surface area contributed by atoms with Crippen molar-refractivity contribution in [1.82, 2.24) is 0 Å². The van der Waals surface area contributed by atoms with E-state index in [-0.39, 0.29) is 0 Å². The monoisotopic (exact) mass is 246 g/mol. The molecule has 0 saturated carbocycles. The highest BCUT2D eigenvalue weighted by molar-refractivity contribution is 7.19. The lowest BCUT2D eigenvalue weighted by atomic mass is 10.1. The van der Waals surface area contributed by atoms with Gasteiger partial charge in [0.05, 0.1) is 0 Å². The number of hydrogen-bond acceptors (Lipinski definition) is 0. The van der Waals surface area contributed by atoms with Crippen LogP contribution in [0, 0.1) is 0 Å². The first-order valence-electron chi connectivity index (χ1n) is 6.36. The largest absolute Gasteiger partial charge is 0.168 e. The van der Waals surface area contributed by atoms with Gasteiger partial charge < -0.3 is 0 Å². The Morgan fingerprint density at radius 1 is 0.933 bits per heavy atom. The summed E-state index contributed by atoms with van der Waals surface area (Å²) in [5.41, 5.74) is 0. The highest BCUT2D eigenvalue weighted by Gasteiger charge is 2.15. The van der Waals surface area contributed by atoms with E-state index in [4.69, 9.17) is 11.1 Å². The molecule has 0 aromatic heterocycles. The van der Waals surface area contributed by atoms with Gasteiger partial charge in [-0.05, 0) is 18.9 Å². The molecule has 0 atom stereocenters. The zero-order valence-electron chi connectivity index (χ0n) is 10.5. The average Bonchev–Trinajstić information content (AvgIpc) is 2.14. The molecule has 0 unspecified atom stereocenters. The van der Waals surface area contributed by atoms with Gasteiger partial charge >= 0.3 is 0 Å². The van der Waals surface area contributed by atoms with Crippen molar-refractivity contribution < 1.29 is 0 Å². The molecule has 90 valence electrons. The first-order chi connectivity index (χ1) is 7.06. The Hall–Kier alpha value is 0.247. The lowest BCUT2D eigenvalue weighted by Gasteiger charge is -2.11. The van der Waals surface area contributed by atoms with Gasteiger partial charge in [0, 0.05) is 0 Å². The lowest BCUT2D eigenvalue weighted by molar-refractivity contribution is 0.591. The fourth-order valence-electron chi connectivity index (χ4n) is 1.72. The SMILES string of the molecule is C=CCCCCCCCCC[Si](C)(C)Cl. The van der Waals surface area contributed by atoms with E-state index in [9.17, 15) is 0 Å². The van der Waals surface area contributed by atoms with Crippen molar-refractivity contribution in [3.8, 4) is 0 Å². The van der Waals surface area contributed by atoms with Crippen molar-refractivity contribution in [2.24, 2.45) is 0 Å². The molecule has 0 amide bonds. The molecule has 0 aliphatic rings. The van der Waals surface area contributed by atoms with E-state index in [1.54, 1.807) is 0 Å². The van der Waals surface area contributed by atoms with Crippen LogP contribution in [-0.2, 0) is 0 Å². The minimum absolute atomic E-state index is 1.19. The van der Waals surface area contributed by atoms with Crippen molar-refractivity contribution in [2.75, 3.05) is 0 Å². The molecule has 0 aliphatic carbocycles. The Morgan fingerprint density at radius 2 is 1.40 bits per heavy atom. The maximum absolute atomic E-state index is 6.26. The second-order valence-corrected chi connectivity index (χ2v) is 12.0. The molecule has 0 aromatic rings. The van der Waals surface area contributed by atoms with Crippen LogP contribution in [0.25, 0.3) is 0 Å². The molecule has 0 bridgehead atoms. The molecule has 0 N–H and O–H groups in total. The van der Waals surface area contributed by atoms with E-state index in [0.29, 0.717) is 0 Å². The van der Waals surface area contributed by atoms with Gasteiger partial charge in [0.25, 0.3) is 0 Å². The van der Waals surface area contributed by atoms with Gasteiger partial charge in [-0.25, -0.2) is 0 Å². The molecule has 0 heterocycles. The molecule has 2 heteroatoms. The molecule has 15 heavy (non-hydrogen) atoms. The lowest BCUT2D eigenvalue weighted by Crippen LogP contribution is -2.14. The van der Waals surface area contributed by atoms with Crippen molar-refractivity contribution in [3.05, 3.63) is 12.7 Å². The Morgan fingerprint density at radius 3 is 1.87 bits per heavy atom. The summed E-state index contributed by atoms with van der Waals surface area (Å²) in [6.07, 6.45) is 12.8. The molecule has 0 saturated heterocycles. The molecule has 0 radical (unpaired) electrons. The fourth-order valence-corrected chi connectivity index (χ4v) is 3.21. The van der Waals surface area contributed by atoms with Crippen LogP contribution in [0.2, 0.25) is 19.1 Å². The Kier molecular flexibility index (Phi) is 9.63. The summed E-state index contributed by atoms with van der Waals surface area (Å²) in [5, 5.41) is 0. The number of rotatable bonds is 10. The Balaban J connectivity index is 3.02. The van der Waals surface area contributed by atoms with E-state index in [1.165, 1.54) is 57.4 Å². The van der Waals surface area contributed by atoms with Crippen LogP contribution in [-0.4, -0.2) is 7.38 Å². The molecule has 0 spiro atoms. The number of unbranched alkanes of at least 4 members (excludes halogenated alkanes) is 7. The maximum atomic E-state index is 6.26. The van der Waals surface area contributed by atoms with Crippen molar-refractivity contribution in [1.29, 1.82) is 0 Å². The average molecular weight is 247 g/mol. The minimum Gasteiger partial charge on any atom is -0.168 e. The third-order valence-electron chi connectivity index (χ3n) is 2.68. The zero-order valence-corrected chi connectivity index (χ0v) is 12.3. The van der Waals surface area contributed by atoms with Crippen LogP contribution in [0.4, 0.5) is 0 Å². The molecule has 0 rings (SSSR count). The van der Waals surface area contributed by atoms with E-state index < -0.39 is 7.38 Å². The maximum Gasteiger partial charge on any atom is 0.150 e. The van der Waals surface area contributed by atoms with Gasteiger partial charge in [-0.15, -0.1) is 6.58 Å². The zero-order chi connectivity index (χ0) is 11.6. The van der Waals surface area contributed by atoms with Crippen LogP contribution < -0.4 is 0 Å². The summed E-state index contributed by atoms with van der Waals surface area (Å²) in [5.74, 6) is 0. The number of allylic oxidation sites excluding steroid dienone is 1. The van der Waals surface area contributed by atoms with Crippen LogP contribution >= 0.6 is 11.1 Å². The molecule has 0 aliphatic heterocycles. The Bertz CT molecular complexity index is 149. The quantitative estimate of drug-likeness (QED) is 0.200. The normalized spacial score (nSPS) is 11.7. The molecule has 0 nitrogen and oxygen atoms in total. The molecular weight excluding hydrogens is 220 g/mol. The van der Waals surface area contributed by atoms with Gasteiger partial charge in [0.1, 0.15) is 7.38 Å².